The summed E-state index contributed by atoms with van der Waals surface area (Å²) in [6, 6.07) is 1.53. The molecule has 0 spiro atoms. The number of anilines is 1. The van der Waals surface area contributed by atoms with Gasteiger partial charge in [0.15, 0.2) is 5.82 Å². The zero-order valence-electron chi connectivity index (χ0n) is 10.8. The van der Waals surface area contributed by atoms with Crippen LogP contribution in [0.5, 0.6) is 0 Å². The highest BCUT2D eigenvalue weighted by Crippen LogP contribution is 2.22. The molecule has 1 N–H and O–H groups in total. The van der Waals surface area contributed by atoms with Crippen LogP contribution in [0.25, 0.3) is 0 Å². The van der Waals surface area contributed by atoms with Gasteiger partial charge in [-0.25, -0.2) is 4.98 Å². The molecule has 1 aromatic rings. The first-order valence-corrected chi connectivity index (χ1v) is 7.12. The number of piperidine rings is 1. The number of pyridine rings is 1. The van der Waals surface area contributed by atoms with Crippen molar-refractivity contribution < 1.29 is 9.59 Å². The normalized spacial score (nSPS) is 16.9. The van der Waals surface area contributed by atoms with E-state index in [1.54, 1.807) is 0 Å². The van der Waals surface area contributed by atoms with Crippen molar-refractivity contribution in [2.75, 3.05) is 25.0 Å². The molecule has 1 amide bonds. The van der Waals surface area contributed by atoms with E-state index in [1.165, 1.54) is 12.3 Å². The van der Waals surface area contributed by atoms with Crippen molar-refractivity contribution >= 4 is 41.2 Å². The van der Waals surface area contributed by atoms with E-state index in [1.807, 2.05) is 4.90 Å². The molecule has 5 nitrogen and oxygen atoms in total. The molecule has 0 radical (unpaired) electrons. The second-order valence-corrected chi connectivity index (χ2v) is 5.63. The number of nitrogens with zero attached hydrogens (tertiary/aromatic N) is 2. The molecule has 108 valence electrons. The monoisotopic (exact) mass is 315 g/mol. The van der Waals surface area contributed by atoms with Crippen molar-refractivity contribution in [3.05, 3.63) is 22.3 Å². The minimum atomic E-state index is -0.175. The molecule has 1 aliphatic rings. The third kappa shape index (κ3) is 4.16. The number of nitrogens with one attached hydrogen (secondary N) is 1. The summed E-state index contributed by atoms with van der Waals surface area (Å²) >= 11 is 11.7. The molecule has 1 fully saturated rings. The summed E-state index contributed by atoms with van der Waals surface area (Å²) in [4.78, 5) is 28.6. The van der Waals surface area contributed by atoms with Crippen molar-refractivity contribution in [1.29, 1.82) is 0 Å². The zero-order valence-corrected chi connectivity index (χ0v) is 12.3. The maximum atomic E-state index is 11.9. The Labute approximate surface area is 127 Å². The first-order valence-electron chi connectivity index (χ1n) is 6.37. The largest absolute Gasteiger partial charge is 0.308 e. The average Bonchev–Trinajstić information content (AvgIpc) is 2.43. The van der Waals surface area contributed by atoms with Gasteiger partial charge in [0.25, 0.3) is 0 Å². The number of aromatic nitrogens is 1. The van der Waals surface area contributed by atoms with Crippen LogP contribution in [0.3, 0.4) is 0 Å². The van der Waals surface area contributed by atoms with Crippen molar-refractivity contribution in [2.24, 2.45) is 5.92 Å². The van der Waals surface area contributed by atoms with E-state index in [9.17, 15) is 9.59 Å². The van der Waals surface area contributed by atoms with Gasteiger partial charge in [0.2, 0.25) is 5.91 Å². The van der Waals surface area contributed by atoms with Gasteiger partial charge in [-0.3, -0.25) is 9.69 Å². The van der Waals surface area contributed by atoms with Crippen LogP contribution in [-0.4, -0.2) is 41.7 Å². The number of hydrogen-bond acceptors (Lipinski definition) is 4. The van der Waals surface area contributed by atoms with Crippen LogP contribution in [0.1, 0.15) is 12.8 Å². The predicted molar refractivity (Wildman–Crippen MR) is 78.1 cm³/mol. The third-order valence-corrected chi connectivity index (χ3v) is 3.75. The molecule has 1 aromatic heterocycles. The van der Waals surface area contributed by atoms with Gasteiger partial charge in [-0.1, -0.05) is 23.2 Å². The Bertz CT molecular complexity index is 502. The summed E-state index contributed by atoms with van der Waals surface area (Å²) in [5, 5.41) is 3.39. The fraction of sp³-hybridized carbons (Fsp3) is 0.462. The summed E-state index contributed by atoms with van der Waals surface area (Å²) < 4.78 is 0. The quantitative estimate of drug-likeness (QED) is 0.866. The summed E-state index contributed by atoms with van der Waals surface area (Å²) in [6.45, 7) is 1.77. The van der Waals surface area contributed by atoms with Gasteiger partial charge in [-0.2, -0.15) is 0 Å². The Morgan fingerprint density at radius 1 is 1.45 bits per heavy atom. The summed E-state index contributed by atoms with van der Waals surface area (Å²) in [5.74, 6) is 0.261. The van der Waals surface area contributed by atoms with Crippen LogP contribution < -0.4 is 5.32 Å². The van der Waals surface area contributed by atoms with Crippen LogP contribution in [0.2, 0.25) is 10.0 Å². The van der Waals surface area contributed by atoms with Crippen LogP contribution in [0.4, 0.5) is 5.82 Å². The number of hydrogen-bond donors (Lipinski definition) is 1. The van der Waals surface area contributed by atoms with Crippen molar-refractivity contribution in [2.45, 2.75) is 12.8 Å². The van der Waals surface area contributed by atoms with Gasteiger partial charge >= 0.3 is 0 Å². The Morgan fingerprint density at radius 3 is 2.75 bits per heavy atom. The number of likely N-dealkylation sites (tertiary alicyclic amines) is 1. The van der Waals surface area contributed by atoms with Crippen molar-refractivity contribution in [1.82, 2.24) is 9.88 Å². The maximum absolute atomic E-state index is 11.9. The molecule has 0 aliphatic carbocycles. The van der Waals surface area contributed by atoms with E-state index < -0.39 is 0 Å². The van der Waals surface area contributed by atoms with Gasteiger partial charge < -0.3 is 10.1 Å². The number of halogens is 2. The van der Waals surface area contributed by atoms with Crippen LogP contribution in [0, 0.1) is 5.92 Å². The lowest BCUT2D eigenvalue weighted by molar-refractivity contribution is -0.117. The molecule has 0 unspecified atom stereocenters. The number of rotatable bonds is 4. The zero-order chi connectivity index (χ0) is 14.5. The Kier molecular flexibility index (Phi) is 5.34. The number of carbonyl (C=O) groups is 2. The van der Waals surface area contributed by atoms with Gasteiger partial charge in [0.1, 0.15) is 6.29 Å². The van der Waals surface area contributed by atoms with E-state index >= 15 is 0 Å². The first-order chi connectivity index (χ1) is 9.58. The van der Waals surface area contributed by atoms with Gasteiger partial charge in [-0.05, 0) is 32.0 Å². The smallest absolute Gasteiger partial charge is 0.239 e. The molecular weight excluding hydrogens is 301 g/mol. The molecule has 0 saturated carbocycles. The lowest BCUT2D eigenvalue weighted by Gasteiger charge is -2.28. The van der Waals surface area contributed by atoms with Gasteiger partial charge in [-0.15, -0.1) is 0 Å². The molecule has 0 atom stereocenters. The van der Waals surface area contributed by atoms with E-state index in [-0.39, 0.29) is 18.4 Å². The summed E-state index contributed by atoms with van der Waals surface area (Å²) in [7, 11) is 0. The molecule has 2 heterocycles. The average molecular weight is 316 g/mol. The second-order valence-electron chi connectivity index (χ2n) is 4.78. The fourth-order valence-corrected chi connectivity index (χ4v) is 2.56. The van der Waals surface area contributed by atoms with Gasteiger partial charge in [0, 0.05) is 12.1 Å². The predicted octanol–water partition coefficient (Wildman–Crippen LogP) is 2.24. The van der Waals surface area contributed by atoms with Crippen LogP contribution >= 0.6 is 23.2 Å². The van der Waals surface area contributed by atoms with Crippen LogP contribution in [0.15, 0.2) is 12.3 Å². The van der Waals surface area contributed by atoms with Gasteiger partial charge in [0.05, 0.1) is 16.6 Å². The molecule has 2 rings (SSSR count). The first kappa shape index (κ1) is 15.2. The molecule has 1 aliphatic heterocycles. The standard InChI is InChI=1S/C13H15Cl2N3O2/c14-10-5-11(15)13(16-6-10)17-12(20)7-18-3-1-9(8-19)2-4-18/h5-6,8-9H,1-4,7H2,(H,16,17,20). The highest BCUT2D eigenvalue weighted by Gasteiger charge is 2.20. The third-order valence-electron chi connectivity index (χ3n) is 3.26. The fourth-order valence-electron chi connectivity index (χ4n) is 2.13. The van der Waals surface area contributed by atoms with Crippen LogP contribution in [-0.2, 0) is 9.59 Å². The van der Waals surface area contributed by atoms with E-state index in [0.717, 1.165) is 32.2 Å². The van der Waals surface area contributed by atoms with Crippen molar-refractivity contribution in [3.8, 4) is 0 Å². The van der Waals surface area contributed by atoms with E-state index in [4.69, 9.17) is 23.2 Å². The van der Waals surface area contributed by atoms with E-state index in [2.05, 4.69) is 10.3 Å². The number of aldehydes is 1. The summed E-state index contributed by atoms with van der Waals surface area (Å²) in [6.07, 6.45) is 4.03. The molecule has 7 heteroatoms. The Hall–Kier alpha value is -1.17. The molecule has 1 saturated heterocycles. The Balaban J connectivity index is 1.85. The molecule has 20 heavy (non-hydrogen) atoms. The molecule has 0 bridgehead atoms. The van der Waals surface area contributed by atoms with E-state index in [0.29, 0.717) is 15.9 Å². The number of carbonyl (C=O) groups excluding carboxylic acids is 2. The highest BCUT2D eigenvalue weighted by molar-refractivity contribution is 6.36. The summed E-state index contributed by atoms with van der Waals surface area (Å²) in [5.41, 5.74) is 0. The Morgan fingerprint density at radius 2 is 2.15 bits per heavy atom. The molecular formula is C13H15Cl2N3O2. The SMILES string of the molecule is O=CC1CCN(CC(=O)Nc2ncc(Cl)cc2Cl)CC1. The van der Waals surface area contributed by atoms with Crippen molar-refractivity contribution in [3.63, 3.8) is 0 Å². The minimum Gasteiger partial charge on any atom is -0.308 e. The lowest BCUT2D eigenvalue weighted by Crippen LogP contribution is -2.39. The second kappa shape index (κ2) is 7.02. The minimum absolute atomic E-state index is 0.127. The molecule has 0 aromatic carbocycles. The number of amides is 1. The topological polar surface area (TPSA) is 62.3 Å². The maximum Gasteiger partial charge on any atom is 0.239 e. The highest BCUT2D eigenvalue weighted by atomic mass is 35.5. The lowest BCUT2D eigenvalue weighted by atomic mass is 9.99.